The van der Waals surface area contributed by atoms with Crippen LogP contribution in [-0.2, 0) is 19.2 Å². The summed E-state index contributed by atoms with van der Waals surface area (Å²) in [5, 5.41) is 0. The Morgan fingerprint density at radius 2 is 0.862 bits per heavy atom. The second-order valence-electron chi connectivity index (χ2n) is 16.2. The molecule has 2 aromatic carbocycles. The highest BCUT2D eigenvalue weighted by molar-refractivity contribution is 6.35. The first kappa shape index (κ1) is 39.3. The number of amides is 4. The first-order valence-corrected chi connectivity index (χ1v) is 20.0. The number of nitrogens with zero attached hydrogens (tertiary/aromatic N) is 6. The minimum absolute atomic E-state index is 0.0347. The lowest BCUT2D eigenvalue weighted by Gasteiger charge is -2.33. The van der Waals surface area contributed by atoms with E-state index in [4.69, 9.17) is 9.97 Å². The lowest BCUT2D eigenvalue weighted by molar-refractivity contribution is -0.156. The third-order valence-corrected chi connectivity index (χ3v) is 12.3. The third-order valence-electron chi connectivity index (χ3n) is 12.3. The van der Waals surface area contributed by atoms with Gasteiger partial charge in [-0.15, -0.1) is 0 Å². The van der Waals surface area contributed by atoms with Crippen LogP contribution in [0.1, 0.15) is 76.1 Å². The van der Waals surface area contributed by atoms with Gasteiger partial charge in [0, 0.05) is 88.5 Å². The number of carbonyl (C=O) groups excluding carboxylic acids is 4. The third kappa shape index (κ3) is 7.72. The number of H-pyrrole nitrogens is 2. The van der Waals surface area contributed by atoms with E-state index in [1.807, 2.05) is 62.4 Å². The number of halogens is 4. The van der Waals surface area contributed by atoms with Gasteiger partial charge in [0.15, 0.2) is 0 Å². The highest BCUT2D eigenvalue weighted by atomic mass is 19.3. The van der Waals surface area contributed by atoms with E-state index in [9.17, 15) is 36.7 Å². The molecule has 0 spiro atoms. The molecular formula is C42H46F4N8O4. The molecule has 4 saturated heterocycles. The van der Waals surface area contributed by atoms with Gasteiger partial charge in [-0.2, -0.15) is 0 Å². The maximum absolute atomic E-state index is 13.7. The fourth-order valence-corrected chi connectivity index (χ4v) is 8.71. The van der Waals surface area contributed by atoms with Crippen molar-refractivity contribution in [2.75, 3.05) is 39.3 Å². The molecule has 6 heterocycles. The number of aromatic nitrogens is 4. The molecular weight excluding hydrogens is 757 g/mol. The Morgan fingerprint density at radius 1 is 0.534 bits per heavy atom. The number of hydrogen-bond donors (Lipinski definition) is 2. The maximum Gasteiger partial charge on any atom is 0.312 e. The normalized spacial score (nSPS) is 24.3. The lowest BCUT2D eigenvalue weighted by atomic mass is 10.0. The number of nitrogens with one attached hydrogen (secondary N) is 2. The molecule has 58 heavy (non-hydrogen) atoms. The van der Waals surface area contributed by atoms with Crippen LogP contribution in [0.4, 0.5) is 17.6 Å². The zero-order valence-corrected chi connectivity index (χ0v) is 32.4. The standard InChI is InChI=1S/C42H46F4N8O4/c1-25-11-17-53(39(57)37(55)51-19-13-41(43,44)14-20-51)33(25)35-47-23-31(49-35)29-7-3-27(4-8-29)28-5-9-30(10-6-28)32-24-48-36(50-32)34-26(2)12-18-54(34)40(58)38(56)52-21-15-42(45,46)16-22-52/h3-10,23-26,33-34H,11-22H2,1-2H3,(H,47,49)(H,48,50)/t25-,26-,33-,34-/m0/s1. The average Bonchev–Trinajstić information content (AvgIpc) is 4.04. The number of rotatable bonds is 5. The van der Waals surface area contributed by atoms with Gasteiger partial charge in [0.1, 0.15) is 11.6 Å². The molecule has 0 saturated carbocycles. The van der Waals surface area contributed by atoms with Crippen LogP contribution in [0.3, 0.4) is 0 Å². The van der Waals surface area contributed by atoms with Gasteiger partial charge < -0.3 is 29.6 Å². The minimum atomic E-state index is -2.82. The summed E-state index contributed by atoms with van der Waals surface area (Å²) in [6, 6.07) is 14.9. The van der Waals surface area contributed by atoms with Gasteiger partial charge in [-0.3, -0.25) is 19.2 Å². The van der Waals surface area contributed by atoms with Crippen LogP contribution >= 0.6 is 0 Å². The minimum Gasteiger partial charge on any atom is -0.346 e. The van der Waals surface area contributed by atoms with Crippen molar-refractivity contribution in [3.05, 3.63) is 72.6 Å². The molecule has 4 amide bonds. The Kier molecular flexibility index (Phi) is 10.4. The van der Waals surface area contributed by atoms with Crippen molar-refractivity contribution < 1.29 is 36.7 Å². The number of aromatic amines is 2. The number of imidazole rings is 2. The number of carbonyl (C=O) groups is 4. The molecule has 0 unspecified atom stereocenters. The molecule has 4 aliphatic rings. The summed E-state index contributed by atoms with van der Waals surface area (Å²) in [7, 11) is 0. The van der Waals surface area contributed by atoms with E-state index >= 15 is 0 Å². The summed E-state index contributed by atoms with van der Waals surface area (Å²) >= 11 is 0. The summed E-state index contributed by atoms with van der Waals surface area (Å²) in [6.45, 7) is 4.17. The molecule has 0 radical (unpaired) electrons. The van der Waals surface area contributed by atoms with E-state index < -0.39 is 73.2 Å². The monoisotopic (exact) mass is 802 g/mol. The molecule has 0 aliphatic carbocycles. The van der Waals surface area contributed by atoms with Crippen LogP contribution in [0.5, 0.6) is 0 Å². The lowest BCUT2D eigenvalue weighted by Crippen LogP contribution is -2.49. The van der Waals surface area contributed by atoms with Crippen molar-refractivity contribution in [2.24, 2.45) is 11.8 Å². The highest BCUT2D eigenvalue weighted by Gasteiger charge is 2.45. The van der Waals surface area contributed by atoms with Crippen LogP contribution in [0.15, 0.2) is 60.9 Å². The molecule has 4 fully saturated rings. The Labute approximate surface area is 333 Å². The molecule has 306 valence electrons. The summed E-state index contributed by atoms with van der Waals surface area (Å²) in [5.74, 6) is -7.31. The number of hydrogen-bond acceptors (Lipinski definition) is 6. The van der Waals surface area contributed by atoms with Gasteiger partial charge in [0.05, 0.1) is 23.5 Å². The Bertz CT molecular complexity index is 2010. The molecule has 8 rings (SSSR count). The average molecular weight is 803 g/mol. The van der Waals surface area contributed by atoms with Crippen molar-refractivity contribution in [2.45, 2.75) is 76.3 Å². The van der Waals surface area contributed by atoms with Crippen molar-refractivity contribution in [3.63, 3.8) is 0 Å². The summed E-state index contributed by atoms with van der Waals surface area (Å²) in [5.41, 5.74) is 5.02. The number of piperidine rings is 2. The summed E-state index contributed by atoms with van der Waals surface area (Å²) < 4.78 is 54.7. The van der Waals surface area contributed by atoms with Gasteiger partial charge in [0.25, 0.3) is 11.8 Å². The van der Waals surface area contributed by atoms with Gasteiger partial charge in [-0.1, -0.05) is 62.4 Å². The highest BCUT2D eigenvalue weighted by Crippen LogP contribution is 2.39. The molecule has 12 nitrogen and oxygen atoms in total. The first-order chi connectivity index (χ1) is 27.7. The first-order valence-electron chi connectivity index (χ1n) is 20.0. The summed E-state index contributed by atoms with van der Waals surface area (Å²) in [4.78, 5) is 74.3. The SMILES string of the molecule is C[C@H]1CCN(C(=O)C(=O)N2CCC(F)(F)CC2)[C@@H]1c1nc(-c2ccc(-c3ccc(-c4c[nH]c([C@@H]5[C@@H](C)CCN5C(=O)C(=O)N5CCC(F)(F)CC5)n4)cc3)cc2)c[nH]1. The van der Waals surface area contributed by atoms with E-state index in [1.165, 1.54) is 19.6 Å². The Hall–Kier alpha value is -5.54. The molecule has 2 aromatic heterocycles. The van der Waals surface area contributed by atoms with E-state index in [2.05, 4.69) is 9.97 Å². The van der Waals surface area contributed by atoms with Gasteiger partial charge >= 0.3 is 23.6 Å². The van der Waals surface area contributed by atoms with Crippen LogP contribution in [-0.4, -0.2) is 114 Å². The van der Waals surface area contributed by atoms with Crippen molar-refractivity contribution >= 4 is 23.6 Å². The van der Waals surface area contributed by atoms with E-state index in [0.29, 0.717) is 49.0 Å². The van der Waals surface area contributed by atoms with Gasteiger partial charge in [0.2, 0.25) is 0 Å². The summed E-state index contributed by atoms with van der Waals surface area (Å²) in [6.07, 6.45) is 3.13. The van der Waals surface area contributed by atoms with Crippen molar-refractivity contribution in [1.82, 2.24) is 39.5 Å². The van der Waals surface area contributed by atoms with E-state index in [1.54, 1.807) is 12.4 Å². The number of alkyl halides is 4. The Balaban J connectivity index is 0.908. The van der Waals surface area contributed by atoms with Gasteiger partial charge in [-0.05, 0) is 35.8 Å². The van der Waals surface area contributed by atoms with E-state index in [0.717, 1.165) is 22.3 Å². The predicted molar refractivity (Wildman–Crippen MR) is 205 cm³/mol. The predicted octanol–water partition coefficient (Wildman–Crippen LogP) is 6.47. The topological polar surface area (TPSA) is 139 Å². The van der Waals surface area contributed by atoms with E-state index in [-0.39, 0.29) is 38.0 Å². The maximum atomic E-state index is 13.7. The molecule has 16 heteroatoms. The number of benzene rings is 2. The molecule has 4 atom stereocenters. The second-order valence-corrected chi connectivity index (χ2v) is 16.2. The molecule has 2 N–H and O–H groups in total. The molecule has 0 bridgehead atoms. The fraction of sp³-hybridized carbons (Fsp3) is 0.476. The van der Waals surface area contributed by atoms with Crippen molar-refractivity contribution in [1.29, 1.82) is 0 Å². The smallest absolute Gasteiger partial charge is 0.312 e. The van der Waals surface area contributed by atoms with Crippen molar-refractivity contribution in [3.8, 4) is 33.6 Å². The zero-order valence-electron chi connectivity index (χ0n) is 32.4. The Morgan fingerprint density at radius 3 is 1.21 bits per heavy atom. The quantitative estimate of drug-likeness (QED) is 0.175. The largest absolute Gasteiger partial charge is 0.346 e. The fourth-order valence-electron chi connectivity index (χ4n) is 8.71. The van der Waals surface area contributed by atoms with Crippen LogP contribution in [0.25, 0.3) is 33.6 Å². The molecule has 4 aromatic rings. The van der Waals surface area contributed by atoms with Gasteiger partial charge in [-0.25, -0.2) is 27.5 Å². The van der Waals surface area contributed by atoms with Crippen LogP contribution in [0.2, 0.25) is 0 Å². The number of likely N-dealkylation sites (tertiary alicyclic amines) is 4. The van der Waals surface area contributed by atoms with Crippen LogP contribution < -0.4 is 0 Å². The zero-order chi connectivity index (χ0) is 40.9. The molecule has 4 aliphatic heterocycles. The second kappa shape index (κ2) is 15.3. The van der Waals surface area contributed by atoms with Crippen LogP contribution in [0, 0.1) is 11.8 Å².